The Morgan fingerprint density at radius 1 is 1.21 bits per heavy atom. The second-order valence-electron chi connectivity index (χ2n) is 5.75. The van der Waals surface area contributed by atoms with E-state index in [4.69, 9.17) is 0 Å². The van der Waals surface area contributed by atoms with Gasteiger partial charge in [0.1, 0.15) is 11.4 Å². The van der Waals surface area contributed by atoms with Gasteiger partial charge in [0.15, 0.2) is 0 Å². The number of benzene rings is 1. The van der Waals surface area contributed by atoms with Crippen molar-refractivity contribution in [2.45, 2.75) is 25.8 Å². The molecule has 1 aromatic carbocycles. The molecule has 4 heteroatoms. The SMILES string of the molecule is CC(C)(C)C(CS)CSc1ncnc2ccccc12. The fraction of sp³-hybridized carbons (Fsp3) is 0.467. The van der Waals surface area contributed by atoms with Gasteiger partial charge < -0.3 is 0 Å². The van der Waals surface area contributed by atoms with Crippen LogP contribution >= 0.6 is 24.4 Å². The van der Waals surface area contributed by atoms with Gasteiger partial charge in [-0.25, -0.2) is 9.97 Å². The van der Waals surface area contributed by atoms with Gasteiger partial charge in [-0.05, 0) is 23.2 Å². The summed E-state index contributed by atoms with van der Waals surface area (Å²) in [5.41, 5.74) is 1.29. The number of thiol groups is 1. The first-order valence-electron chi connectivity index (χ1n) is 6.46. The summed E-state index contributed by atoms with van der Waals surface area (Å²) >= 11 is 6.29. The Bertz CT molecular complexity index is 544. The molecule has 1 heterocycles. The van der Waals surface area contributed by atoms with Crippen molar-refractivity contribution < 1.29 is 0 Å². The van der Waals surface area contributed by atoms with Crippen molar-refractivity contribution in [2.75, 3.05) is 11.5 Å². The maximum atomic E-state index is 4.48. The number of fused-ring (bicyclic) bond motifs is 1. The van der Waals surface area contributed by atoms with Crippen LogP contribution in [0.15, 0.2) is 35.6 Å². The summed E-state index contributed by atoms with van der Waals surface area (Å²) in [4.78, 5) is 8.72. The minimum Gasteiger partial charge on any atom is -0.236 e. The van der Waals surface area contributed by atoms with E-state index in [0.717, 1.165) is 27.4 Å². The summed E-state index contributed by atoms with van der Waals surface area (Å²) in [5, 5.41) is 2.21. The van der Waals surface area contributed by atoms with Crippen molar-refractivity contribution in [3.63, 3.8) is 0 Å². The molecule has 2 aromatic rings. The summed E-state index contributed by atoms with van der Waals surface area (Å²) < 4.78 is 0. The Kier molecular flexibility index (Phi) is 4.74. The smallest absolute Gasteiger partial charge is 0.117 e. The van der Waals surface area contributed by atoms with Crippen molar-refractivity contribution >= 4 is 35.3 Å². The molecule has 0 N–H and O–H groups in total. The molecule has 1 atom stereocenters. The van der Waals surface area contributed by atoms with Crippen LogP contribution in [0.2, 0.25) is 0 Å². The monoisotopic (exact) mass is 292 g/mol. The van der Waals surface area contributed by atoms with Crippen LogP contribution < -0.4 is 0 Å². The van der Waals surface area contributed by atoms with Crippen LogP contribution in [0.1, 0.15) is 20.8 Å². The third kappa shape index (κ3) is 3.63. The highest BCUT2D eigenvalue weighted by Crippen LogP contribution is 2.33. The van der Waals surface area contributed by atoms with Crippen LogP contribution in [-0.2, 0) is 0 Å². The van der Waals surface area contributed by atoms with Gasteiger partial charge in [-0.2, -0.15) is 12.6 Å². The van der Waals surface area contributed by atoms with Gasteiger partial charge in [-0.1, -0.05) is 39.0 Å². The number of rotatable bonds is 4. The van der Waals surface area contributed by atoms with E-state index in [0.29, 0.717) is 5.92 Å². The first kappa shape index (κ1) is 14.7. The van der Waals surface area contributed by atoms with E-state index >= 15 is 0 Å². The molecule has 0 radical (unpaired) electrons. The number of aromatic nitrogens is 2. The zero-order valence-electron chi connectivity index (χ0n) is 11.6. The van der Waals surface area contributed by atoms with Crippen molar-refractivity contribution in [3.8, 4) is 0 Å². The summed E-state index contributed by atoms with van der Waals surface area (Å²) in [6.45, 7) is 6.81. The maximum Gasteiger partial charge on any atom is 0.117 e. The average molecular weight is 292 g/mol. The first-order valence-corrected chi connectivity index (χ1v) is 8.07. The molecule has 19 heavy (non-hydrogen) atoms. The van der Waals surface area contributed by atoms with Gasteiger partial charge in [0.25, 0.3) is 0 Å². The standard InChI is InChI=1S/C15H20N2S2/c1-15(2,3)11(8-18)9-19-14-12-6-4-5-7-13(12)16-10-17-14/h4-7,10-11,18H,8-9H2,1-3H3. The Morgan fingerprint density at radius 3 is 2.63 bits per heavy atom. The van der Waals surface area contributed by atoms with Crippen LogP contribution in [0, 0.1) is 11.3 Å². The Morgan fingerprint density at radius 2 is 1.95 bits per heavy atom. The lowest BCUT2D eigenvalue weighted by Crippen LogP contribution is -2.24. The van der Waals surface area contributed by atoms with E-state index in [1.54, 1.807) is 6.33 Å². The molecule has 0 spiro atoms. The lowest BCUT2D eigenvalue weighted by Gasteiger charge is -2.29. The zero-order valence-corrected chi connectivity index (χ0v) is 13.3. The van der Waals surface area contributed by atoms with E-state index < -0.39 is 0 Å². The van der Waals surface area contributed by atoms with Crippen LogP contribution in [0.4, 0.5) is 0 Å². The molecule has 2 rings (SSSR count). The van der Waals surface area contributed by atoms with Gasteiger partial charge in [0.2, 0.25) is 0 Å². The summed E-state index contributed by atoms with van der Waals surface area (Å²) in [7, 11) is 0. The molecule has 1 unspecified atom stereocenters. The van der Waals surface area contributed by atoms with Gasteiger partial charge in [-0.15, -0.1) is 11.8 Å². The second kappa shape index (κ2) is 6.14. The lowest BCUT2D eigenvalue weighted by molar-refractivity contribution is 0.294. The van der Waals surface area contributed by atoms with Crippen LogP contribution in [0.25, 0.3) is 10.9 Å². The molecule has 0 saturated heterocycles. The lowest BCUT2D eigenvalue weighted by atomic mass is 9.83. The summed E-state index contributed by atoms with van der Waals surface area (Å²) in [6.07, 6.45) is 1.65. The highest BCUT2D eigenvalue weighted by molar-refractivity contribution is 7.99. The molecule has 0 aliphatic carbocycles. The van der Waals surface area contributed by atoms with Gasteiger partial charge >= 0.3 is 0 Å². The van der Waals surface area contributed by atoms with Crippen molar-refractivity contribution in [1.82, 2.24) is 9.97 Å². The minimum absolute atomic E-state index is 0.275. The number of thioether (sulfide) groups is 1. The first-order chi connectivity index (χ1) is 9.02. The molecule has 0 fully saturated rings. The number of nitrogens with zero attached hydrogens (tertiary/aromatic N) is 2. The molecule has 0 bridgehead atoms. The van der Waals surface area contributed by atoms with Gasteiger partial charge in [-0.3, -0.25) is 0 Å². The fourth-order valence-electron chi connectivity index (χ4n) is 1.85. The predicted molar refractivity (Wildman–Crippen MR) is 87.1 cm³/mol. The topological polar surface area (TPSA) is 25.8 Å². The van der Waals surface area contributed by atoms with E-state index in [2.05, 4.69) is 49.4 Å². The molecule has 0 saturated carbocycles. The summed E-state index contributed by atoms with van der Waals surface area (Å²) in [6, 6.07) is 8.16. The Hall–Kier alpha value is -0.740. The Labute approximate surface area is 124 Å². The largest absolute Gasteiger partial charge is 0.236 e. The normalized spacial score (nSPS) is 13.7. The van der Waals surface area contributed by atoms with E-state index in [-0.39, 0.29) is 5.41 Å². The van der Waals surface area contributed by atoms with Crippen LogP contribution in [0.3, 0.4) is 0 Å². The van der Waals surface area contributed by atoms with E-state index in [9.17, 15) is 0 Å². The van der Waals surface area contributed by atoms with Crippen molar-refractivity contribution in [1.29, 1.82) is 0 Å². The maximum absolute atomic E-state index is 4.48. The molecule has 1 aromatic heterocycles. The minimum atomic E-state index is 0.275. The van der Waals surface area contributed by atoms with Gasteiger partial charge in [0.05, 0.1) is 5.52 Å². The second-order valence-corrected chi connectivity index (χ2v) is 7.13. The quantitative estimate of drug-likeness (QED) is 0.516. The van der Waals surface area contributed by atoms with Crippen LogP contribution in [0.5, 0.6) is 0 Å². The van der Waals surface area contributed by atoms with E-state index in [1.165, 1.54) is 0 Å². The Balaban J connectivity index is 2.18. The molecular formula is C15H20N2S2. The number of para-hydroxylation sites is 1. The molecular weight excluding hydrogens is 272 g/mol. The molecule has 2 nitrogen and oxygen atoms in total. The molecule has 0 aliphatic heterocycles. The zero-order chi connectivity index (χ0) is 13.9. The highest BCUT2D eigenvalue weighted by atomic mass is 32.2. The third-order valence-electron chi connectivity index (χ3n) is 3.37. The number of hydrogen-bond acceptors (Lipinski definition) is 4. The van der Waals surface area contributed by atoms with Crippen molar-refractivity contribution in [3.05, 3.63) is 30.6 Å². The molecule has 0 amide bonds. The van der Waals surface area contributed by atoms with Gasteiger partial charge in [0, 0.05) is 11.1 Å². The average Bonchev–Trinajstić information content (AvgIpc) is 2.38. The van der Waals surface area contributed by atoms with Crippen molar-refractivity contribution in [2.24, 2.45) is 11.3 Å². The third-order valence-corrected chi connectivity index (χ3v) is 4.98. The molecule has 102 valence electrons. The van der Waals surface area contributed by atoms with Crippen LogP contribution in [-0.4, -0.2) is 21.5 Å². The summed E-state index contributed by atoms with van der Waals surface area (Å²) in [5.74, 6) is 2.50. The fourth-order valence-corrected chi connectivity index (χ4v) is 4.13. The number of hydrogen-bond donors (Lipinski definition) is 1. The van der Waals surface area contributed by atoms with E-state index in [1.807, 2.05) is 30.0 Å². The highest BCUT2D eigenvalue weighted by Gasteiger charge is 2.23. The predicted octanol–water partition coefficient (Wildman–Crippen LogP) is 4.31. The molecule has 0 aliphatic rings.